The van der Waals surface area contributed by atoms with Crippen LogP contribution in [0.4, 0.5) is 5.95 Å². The van der Waals surface area contributed by atoms with Crippen LogP contribution in [0.25, 0.3) is 11.0 Å². The van der Waals surface area contributed by atoms with Crippen molar-refractivity contribution in [2.24, 2.45) is 5.92 Å². The first-order chi connectivity index (χ1) is 16.6. The first-order valence-corrected chi connectivity index (χ1v) is 12.7. The van der Waals surface area contributed by atoms with E-state index >= 15 is 0 Å². The molecule has 5 rings (SSSR count). The van der Waals surface area contributed by atoms with Crippen molar-refractivity contribution in [1.82, 2.24) is 24.7 Å². The molecule has 2 unspecified atom stereocenters. The molecule has 0 aliphatic carbocycles. The van der Waals surface area contributed by atoms with E-state index in [-0.39, 0.29) is 0 Å². The maximum atomic E-state index is 6.11. The lowest BCUT2D eigenvalue weighted by Gasteiger charge is -2.27. The van der Waals surface area contributed by atoms with Crippen LogP contribution in [0, 0.1) is 5.92 Å². The van der Waals surface area contributed by atoms with E-state index in [1.165, 1.54) is 18.5 Å². The highest BCUT2D eigenvalue weighted by Crippen LogP contribution is 2.28. The molecule has 7 heteroatoms. The summed E-state index contributed by atoms with van der Waals surface area (Å²) in [7, 11) is 4.27. The fraction of sp³-hybridized carbons (Fsp3) is 0.519. The molecule has 0 bridgehead atoms. The van der Waals surface area contributed by atoms with Gasteiger partial charge in [-0.15, -0.1) is 0 Å². The number of ether oxygens (including phenoxy) is 1. The molecule has 2 aliphatic heterocycles. The van der Waals surface area contributed by atoms with Crippen LogP contribution in [0.15, 0.2) is 48.5 Å². The number of imidazole rings is 1. The number of nitrogens with zero attached hydrogens (tertiary/aromatic N) is 4. The third kappa shape index (κ3) is 5.71. The summed E-state index contributed by atoms with van der Waals surface area (Å²) < 4.78 is 8.42. The Morgan fingerprint density at radius 2 is 2.03 bits per heavy atom. The van der Waals surface area contributed by atoms with Gasteiger partial charge < -0.3 is 24.8 Å². The second-order valence-electron chi connectivity index (χ2n) is 10.1. The molecule has 2 aliphatic rings. The number of hydrogen-bond donors (Lipinski definition) is 2. The van der Waals surface area contributed by atoms with Crippen molar-refractivity contribution in [3.05, 3.63) is 54.1 Å². The number of nitrogens with one attached hydrogen (secondary N) is 2. The molecule has 1 saturated heterocycles. The summed E-state index contributed by atoms with van der Waals surface area (Å²) in [5, 5.41) is 7.23. The van der Waals surface area contributed by atoms with Crippen LogP contribution >= 0.6 is 0 Å². The molecule has 0 amide bonds. The second kappa shape index (κ2) is 10.8. The summed E-state index contributed by atoms with van der Waals surface area (Å²) in [4.78, 5) is 9.56. The van der Waals surface area contributed by atoms with Gasteiger partial charge in [0.1, 0.15) is 5.75 Å². The summed E-state index contributed by atoms with van der Waals surface area (Å²) in [5.41, 5.74) is 3.59. The van der Waals surface area contributed by atoms with Crippen LogP contribution in [0.5, 0.6) is 5.75 Å². The fourth-order valence-electron chi connectivity index (χ4n) is 5.26. The van der Waals surface area contributed by atoms with Gasteiger partial charge in [-0.1, -0.05) is 30.3 Å². The fourth-order valence-corrected chi connectivity index (χ4v) is 5.26. The molecule has 0 radical (unpaired) electrons. The zero-order valence-electron chi connectivity index (χ0n) is 20.5. The molecular formula is C27H38N6O. The number of fused-ring (bicyclic) bond motifs is 3. The van der Waals surface area contributed by atoms with Gasteiger partial charge in [0.15, 0.2) is 0 Å². The van der Waals surface area contributed by atoms with Crippen LogP contribution in [0.3, 0.4) is 0 Å². The zero-order chi connectivity index (χ0) is 23.3. The van der Waals surface area contributed by atoms with Gasteiger partial charge in [0.05, 0.1) is 17.6 Å². The predicted octanol–water partition coefficient (Wildman–Crippen LogP) is 3.27. The first kappa shape index (κ1) is 23.1. The molecular weight excluding hydrogens is 424 g/mol. The second-order valence-corrected chi connectivity index (χ2v) is 10.1. The van der Waals surface area contributed by atoms with Crippen LogP contribution in [-0.2, 0) is 13.1 Å². The molecule has 2 atom stereocenters. The van der Waals surface area contributed by atoms with Gasteiger partial charge in [0.2, 0.25) is 5.95 Å². The van der Waals surface area contributed by atoms with Gasteiger partial charge in [-0.05, 0) is 51.2 Å². The van der Waals surface area contributed by atoms with Crippen LogP contribution in [0.1, 0.15) is 18.4 Å². The van der Waals surface area contributed by atoms with E-state index in [1.807, 2.05) is 6.07 Å². The van der Waals surface area contributed by atoms with Gasteiger partial charge in [0.25, 0.3) is 0 Å². The Labute approximate surface area is 203 Å². The van der Waals surface area contributed by atoms with E-state index in [2.05, 4.69) is 81.6 Å². The average molecular weight is 463 g/mol. The van der Waals surface area contributed by atoms with E-state index in [0.717, 1.165) is 75.0 Å². The minimum absolute atomic E-state index is 0.578. The molecule has 0 spiro atoms. The first-order valence-electron chi connectivity index (χ1n) is 12.7. The number of benzene rings is 2. The number of rotatable bonds is 10. The molecule has 0 saturated carbocycles. The van der Waals surface area contributed by atoms with Gasteiger partial charge >= 0.3 is 0 Å². The molecule has 34 heavy (non-hydrogen) atoms. The molecule has 7 nitrogen and oxygen atoms in total. The maximum absolute atomic E-state index is 6.11. The van der Waals surface area contributed by atoms with Gasteiger partial charge in [-0.25, -0.2) is 4.98 Å². The number of likely N-dealkylation sites (tertiary alicyclic amines) is 1. The highest BCUT2D eigenvalue weighted by atomic mass is 16.5. The van der Waals surface area contributed by atoms with Gasteiger partial charge in [-0.2, -0.15) is 0 Å². The van der Waals surface area contributed by atoms with Crippen molar-refractivity contribution in [2.45, 2.75) is 32.0 Å². The lowest BCUT2D eigenvalue weighted by Crippen LogP contribution is -2.34. The van der Waals surface area contributed by atoms with Crippen molar-refractivity contribution in [2.75, 3.05) is 58.7 Å². The third-order valence-corrected chi connectivity index (χ3v) is 6.88. The zero-order valence-corrected chi connectivity index (χ0v) is 20.5. The topological polar surface area (TPSA) is 57.6 Å². The monoisotopic (exact) mass is 462 g/mol. The summed E-state index contributed by atoms with van der Waals surface area (Å²) in [5.74, 6) is 2.49. The lowest BCUT2D eigenvalue weighted by molar-refractivity contribution is 0.298. The van der Waals surface area contributed by atoms with Crippen molar-refractivity contribution >= 4 is 17.0 Å². The highest BCUT2D eigenvalue weighted by molar-refractivity contribution is 5.80. The van der Waals surface area contributed by atoms with E-state index in [0.29, 0.717) is 12.0 Å². The van der Waals surface area contributed by atoms with E-state index in [4.69, 9.17) is 9.72 Å². The molecule has 2 aromatic carbocycles. The number of anilines is 1. The van der Waals surface area contributed by atoms with Crippen molar-refractivity contribution < 1.29 is 4.74 Å². The van der Waals surface area contributed by atoms with E-state index in [9.17, 15) is 0 Å². The Hall–Kier alpha value is -2.61. The standard InChI is InChI=1S/C27H38N6O/c1-31(2)17-22-16-29-27-30-25-10-9-24(15-26(25)33(27)19-22)34-14-6-12-28-23-11-13-32(20-23)18-21-7-4-3-5-8-21/h3-5,7-10,15,22-23,28H,6,11-14,16-20H2,1-2H3,(H,29,30). The van der Waals surface area contributed by atoms with Crippen LogP contribution in [0.2, 0.25) is 0 Å². The normalized spacial score (nSPS) is 20.6. The largest absolute Gasteiger partial charge is 0.493 e. The number of hydrogen-bond acceptors (Lipinski definition) is 6. The Balaban J connectivity index is 1.06. The van der Waals surface area contributed by atoms with Crippen LogP contribution in [-0.4, -0.2) is 78.8 Å². The minimum Gasteiger partial charge on any atom is -0.493 e. The Bertz CT molecular complexity index is 1070. The summed E-state index contributed by atoms with van der Waals surface area (Å²) >= 11 is 0. The molecule has 1 aromatic heterocycles. The average Bonchev–Trinajstić information content (AvgIpc) is 3.43. The Morgan fingerprint density at radius 3 is 2.88 bits per heavy atom. The van der Waals surface area contributed by atoms with Crippen molar-refractivity contribution in [3.63, 3.8) is 0 Å². The molecule has 1 fully saturated rings. The smallest absolute Gasteiger partial charge is 0.203 e. The van der Waals surface area contributed by atoms with Crippen molar-refractivity contribution in [3.8, 4) is 5.75 Å². The van der Waals surface area contributed by atoms with E-state index < -0.39 is 0 Å². The van der Waals surface area contributed by atoms with Gasteiger partial charge in [-0.3, -0.25) is 4.90 Å². The summed E-state index contributed by atoms with van der Waals surface area (Å²) in [6.45, 7) is 8.10. The van der Waals surface area contributed by atoms with Crippen LogP contribution < -0.4 is 15.4 Å². The Kier molecular flexibility index (Phi) is 7.33. The third-order valence-electron chi connectivity index (χ3n) is 6.88. The highest BCUT2D eigenvalue weighted by Gasteiger charge is 2.23. The number of aromatic nitrogens is 2. The van der Waals surface area contributed by atoms with Gasteiger partial charge in [0, 0.05) is 57.3 Å². The SMILES string of the molecule is CN(C)CC1CNc2nc3ccc(OCCCNC4CCN(Cc5ccccc5)C4)cc3n2C1. The quantitative estimate of drug-likeness (QED) is 0.451. The summed E-state index contributed by atoms with van der Waals surface area (Å²) in [6, 6.07) is 17.6. The molecule has 3 aromatic rings. The van der Waals surface area contributed by atoms with Crippen molar-refractivity contribution in [1.29, 1.82) is 0 Å². The molecule has 3 heterocycles. The summed E-state index contributed by atoms with van der Waals surface area (Å²) in [6.07, 6.45) is 2.23. The molecule has 182 valence electrons. The van der Waals surface area contributed by atoms with E-state index in [1.54, 1.807) is 0 Å². The minimum atomic E-state index is 0.578. The lowest BCUT2D eigenvalue weighted by atomic mass is 10.1. The maximum Gasteiger partial charge on any atom is 0.203 e. The molecule has 2 N–H and O–H groups in total. The Morgan fingerprint density at radius 1 is 1.15 bits per heavy atom. The predicted molar refractivity (Wildman–Crippen MR) is 139 cm³/mol.